The molecule has 0 unspecified atom stereocenters. The summed E-state index contributed by atoms with van der Waals surface area (Å²) in [5.74, 6) is -0.102. The smallest absolute Gasteiger partial charge is 0.269 e. The Bertz CT molecular complexity index is 659. The first kappa shape index (κ1) is 13.8. The van der Waals surface area contributed by atoms with Gasteiger partial charge in [0.15, 0.2) is 5.82 Å². The summed E-state index contributed by atoms with van der Waals surface area (Å²) in [4.78, 5) is 15.4. The van der Waals surface area contributed by atoms with Crippen molar-refractivity contribution in [3.8, 4) is 11.5 Å². The van der Waals surface area contributed by atoms with Crippen LogP contribution < -0.4 is 15.8 Å². The van der Waals surface area contributed by atoms with Gasteiger partial charge in [-0.05, 0) is 25.1 Å². The number of nitrogens with two attached hydrogens (primary N) is 1. The second-order valence-corrected chi connectivity index (χ2v) is 4.15. The van der Waals surface area contributed by atoms with Gasteiger partial charge in [-0.1, -0.05) is 0 Å². The van der Waals surface area contributed by atoms with Crippen molar-refractivity contribution in [1.82, 2.24) is 10.3 Å². The van der Waals surface area contributed by atoms with Crippen LogP contribution in [-0.2, 0) is 0 Å². The number of hydrogen-bond acceptors (Lipinski definition) is 4. The summed E-state index contributed by atoms with van der Waals surface area (Å²) >= 11 is 0. The molecule has 0 saturated heterocycles. The van der Waals surface area contributed by atoms with E-state index in [1.54, 1.807) is 19.1 Å². The molecule has 0 spiro atoms. The molecule has 0 fully saturated rings. The van der Waals surface area contributed by atoms with Crippen molar-refractivity contribution in [1.29, 1.82) is 0 Å². The molecule has 0 radical (unpaired) electrons. The average Bonchev–Trinajstić information content (AvgIpc) is 2.47. The van der Waals surface area contributed by atoms with Crippen LogP contribution in [0.3, 0.4) is 0 Å². The largest absolute Gasteiger partial charge is 0.457 e. The first-order valence-corrected chi connectivity index (χ1v) is 5.93. The Kier molecular flexibility index (Phi) is 3.84. The molecule has 1 aromatic heterocycles. The first-order valence-electron chi connectivity index (χ1n) is 5.93. The van der Waals surface area contributed by atoms with Gasteiger partial charge in [-0.25, -0.2) is 4.39 Å². The molecule has 0 bridgehead atoms. The van der Waals surface area contributed by atoms with Gasteiger partial charge in [-0.2, -0.15) is 0 Å². The molecule has 6 heteroatoms. The maximum Gasteiger partial charge on any atom is 0.269 e. The van der Waals surface area contributed by atoms with Crippen LogP contribution in [0.2, 0.25) is 0 Å². The number of carbonyl (C=O) groups excluding carboxylic acids is 1. The zero-order chi connectivity index (χ0) is 14.7. The third kappa shape index (κ3) is 2.69. The Morgan fingerprint density at radius 2 is 2.15 bits per heavy atom. The number of hydrogen-bond donors (Lipinski definition) is 2. The van der Waals surface area contributed by atoms with Gasteiger partial charge in [0.05, 0.1) is 5.69 Å². The Hall–Kier alpha value is -2.63. The lowest BCUT2D eigenvalue weighted by molar-refractivity contribution is 0.0958. The fourth-order valence-corrected chi connectivity index (χ4v) is 1.65. The summed E-state index contributed by atoms with van der Waals surface area (Å²) in [6, 6.07) is 6.07. The topological polar surface area (TPSA) is 77.2 Å². The number of benzene rings is 1. The van der Waals surface area contributed by atoms with E-state index in [0.717, 1.165) is 0 Å². The minimum absolute atomic E-state index is 0.0654. The van der Waals surface area contributed by atoms with Crippen LogP contribution in [0.15, 0.2) is 30.5 Å². The average molecular weight is 275 g/mol. The van der Waals surface area contributed by atoms with E-state index >= 15 is 0 Å². The van der Waals surface area contributed by atoms with Crippen LogP contribution in [0, 0.1) is 12.7 Å². The van der Waals surface area contributed by atoms with E-state index in [1.807, 2.05) is 0 Å². The first-order chi connectivity index (χ1) is 9.52. The molecule has 104 valence electrons. The van der Waals surface area contributed by atoms with E-state index in [-0.39, 0.29) is 17.3 Å². The zero-order valence-electron chi connectivity index (χ0n) is 11.1. The minimum atomic E-state index is -0.511. The van der Waals surface area contributed by atoms with Gasteiger partial charge in [0, 0.05) is 24.9 Å². The summed E-state index contributed by atoms with van der Waals surface area (Å²) in [5.41, 5.74) is 6.07. The highest BCUT2D eigenvalue weighted by Crippen LogP contribution is 2.29. The number of nitrogens with zero attached hydrogens (tertiary/aromatic N) is 1. The number of rotatable bonds is 3. The molecule has 2 aromatic rings. The number of aromatic nitrogens is 1. The second kappa shape index (κ2) is 5.56. The van der Waals surface area contributed by atoms with Gasteiger partial charge >= 0.3 is 0 Å². The maximum absolute atomic E-state index is 13.7. The molecule has 0 saturated carbocycles. The molecule has 0 aliphatic rings. The highest BCUT2D eigenvalue weighted by Gasteiger charge is 2.11. The van der Waals surface area contributed by atoms with E-state index in [2.05, 4.69) is 10.3 Å². The summed E-state index contributed by atoms with van der Waals surface area (Å²) in [7, 11) is 1.51. The van der Waals surface area contributed by atoms with E-state index in [0.29, 0.717) is 17.1 Å². The van der Waals surface area contributed by atoms with Crippen molar-refractivity contribution >= 4 is 11.6 Å². The molecule has 5 nitrogen and oxygen atoms in total. The number of halogens is 1. The van der Waals surface area contributed by atoms with Crippen LogP contribution in [0.1, 0.15) is 16.1 Å². The van der Waals surface area contributed by atoms with Crippen LogP contribution >= 0.6 is 0 Å². The Morgan fingerprint density at radius 1 is 1.40 bits per heavy atom. The highest BCUT2D eigenvalue weighted by molar-refractivity contribution is 5.92. The maximum atomic E-state index is 13.7. The van der Waals surface area contributed by atoms with Crippen molar-refractivity contribution < 1.29 is 13.9 Å². The number of carbonyl (C=O) groups is 1. The van der Waals surface area contributed by atoms with E-state index < -0.39 is 5.82 Å². The number of ether oxygens (including phenoxy) is 1. The lowest BCUT2D eigenvalue weighted by Crippen LogP contribution is -2.18. The summed E-state index contributed by atoms with van der Waals surface area (Å²) in [6.07, 6.45) is 1.45. The van der Waals surface area contributed by atoms with Gasteiger partial charge in [-0.3, -0.25) is 9.78 Å². The van der Waals surface area contributed by atoms with E-state index in [9.17, 15) is 9.18 Å². The van der Waals surface area contributed by atoms with Crippen molar-refractivity contribution in [3.05, 3.63) is 47.5 Å². The van der Waals surface area contributed by atoms with Gasteiger partial charge in [0.25, 0.3) is 5.91 Å². The molecule has 2 rings (SSSR count). The van der Waals surface area contributed by atoms with Crippen LogP contribution in [0.25, 0.3) is 0 Å². The standard InChI is InChI=1S/C14H14FN3O2/c1-8-12(4-3-10(16)13(8)15)20-9-5-6-18-11(7-9)14(19)17-2/h3-7H,16H2,1-2H3,(H,17,19). The molecule has 0 aliphatic heterocycles. The molecule has 1 aromatic carbocycles. The summed E-state index contributed by atoms with van der Waals surface area (Å²) < 4.78 is 19.2. The predicted octanol–water partition coefficient (Wildman–Crippen LogP) is 2.26. The summed E-state index contributed by atoms with van der Waals surface area (Å²) in [5, 5.41) is 2.47. The van der Waals surface area contributed by atoms with Gasteiger partial charge < -0.3 is 15.8 Å². The molecule has 0 aliphatic carbocycles. The number of anilines is 1. The Morgan fingerprint density at radius 3 is 2.85 bits per heavy atom. The number of pyridine rings is 1. The van der Waals surface area contributed by atoms with Gasteiger partial charge in [0.1, 0.15) is 17.2 Å². The molecular weight excluding hydrogens is 261 g/mol. The Labute approximate surface area is 115 Å². The normalized spacial score (nSPS) is 10.2. The highest BCUT2D eigenvalue weighted by atomic mass is 19.1. The SMILES string of the molecule is CNC(=O)c1cc(Oc2ccc(N)c(F)c2C)ccn1. The number of nitrogens with one attached hydrogen (secondary N) is 1. The number of amides is 1. The summed E-state index contributed by atoms with van der Waals surface area (Å²) in [6.45, 7) is 1.57. The van der Waals surface area contributed by atoms with Crippen molar-refractivity contribution in [2.45, 2.75) is 6.92 Å². The fraction of sp³-hybridized carbons (Fsp3) is 0.143. The zero-order valence-corrected chi connectivity index (χ0v) is 11.1. The third-order valence-corrected chi connectivity index (χ3v) is 2.79. The van der Waals surface area contributed by atoms with Crippen LogP contribution in [0.5, 0.6) is 11.5 Å². The molecule has 3 N–H and O–H groups in total. The van der Waals surface area contributed by atoms with Crippen molar-refractivity contribution in [2.24, 2.45) is 0 Å². The lowest BCUT2D eigenvalue weighted by Gasteiger charge is -2.11. The van der Waals surface area contributed by atoms with Crippen molar-refractivity contribution in [3.63, 3.8) is 0 Å². The minimum Gasteiger partial charge on any atom is -0.457 e. The van der Waals surface area contributed by atoms with Crippen LogP contribution in [-0.4, -0.2) is 17.9 Å². The predicted molar refractivity (Wildman–Crippen MR) is 73.3 cm³/mol. The Balaban J connectivity index is 2.31. The number of nitrogen functional groups attached to an aromatic ring is 1. The lowest BCUT2D eigenvalue weighted by atomic mass is 10.2. The fourth-order valence-electron chi connectivity index (χ4n) is 1.65. The van der Waals surface area contributed by atoms with Crippen LogP contribution in [0.4, 0.5) is 10.1 Å². The molecule has 1 amide bonds. The van der Waals surface area contributed by atoms with Gasteiger partial charge in [-0.15, -0.1) is 0 Å². The van der Waals surface area contributed by atoms with E-state index in [4.69, 9.17) is 10.5 Å². The molecule has 20 heavy (non-hydrogen) atoms. The van der Waals surface area contributed by atoms with E-state index in [1.165, 1.54) is 25.4 Å². The monoisotopic (exact) mass is 275 g/mol. The molecule has 1 heterocycles. The quantitative estimate of drug-likeness (QED) is 0.842. The second-order valence-electron chi connectivity index (χ2n) is 4.15. The van der Waals surface area contributed by atoms with Gasteiger partial charge in [0.2, 0.25) is 0 Å². The van der Waals surface area contributed by atoms with Crippen molar-refractivity contribution in [2.75, 3.05) is 12.8 Å². The molecule has 0 atom stereocenters. The third-order valence-electron chi connectivity index (χ3n) is 2.79. The molecular formula is C14H14FN3O2.